The number of ether oxygens (including phenoxy) is 2. The summed E-state index contributed by atoms with van der Waals surface area (Å²) in [5.41, 5.74) is 0.332. The van der Waals surface area contributed by atoms with E-state index in [-0.39, 0.29) is 5.92 Å². The Morgan fingerprint density at radius 3 is 2.57 bits per heavy atom. The monoisotopic (exact) mass is 385 g/mol. The van der Waals surface area contributed by atoms with Gasteiger partial charge in [-0.25, -0.2) is 9.59 Å². The zero-order valence-corrected chi connectivity index (χ0v) is 14.9. The molecule has 0 radical (unpaired) electrons. The van der Waals surface area contributed by atoms with E-state index < -0.39 is 30.5 Å². The van der Waals surface area contributed by atoms with Crippen LogP contribution in [0.5, 0.6) is 0 Å². The summed E-state index contributed by atoms with van der Waals surface area (Å²) in [6.45, 7) is 3.27. The second-order valence-corrected chi connectivity index (χ2v) is 5.96. The smallest absolute Gasteiger partial charge is 0.338 e. The summed E-state index contributed by atoms with van der Waals surface area (Å²) in [5.74, 6) is -1.78. The lowest BCUT2D eigenvalue weighted by Crippen LogP contribution is -2.47. The van der Waals surface area contributed by atoms with Gasteiger partial charge in [-0.1, -0.05) is 42.3 Å². The highest BCUT2D eigenvalue weighted by Crippen LogP contribution is 2.12. The zero-order valence-electron chi connectivity index (χ0n) is 13.3. The number of methoxy groups -OCH3 is 1. The van der Waals surface area contributed by atoms with Gasteiger partial charge in [0.05, 0.1) is 12.7 Å². The van der Waals surface area contributed by atoms with E-state index in [0.29, 0.717) is 12.0 Å². The number of amides is 1. The molecule has 0 unspecified atom stereocenters. The number of carbonyl (C=O) groups excluding carboxylic acids is 3. The van der Waals surface area contributed by atoms with Gasteiger partial charge in [0.25, 0.3) is 5.91 Å². The maximum absolute atomic E-state index is 11.9. The molecule has 1 rings (SSSR count). The molecule has 1 aromatic carbocycles. The van der Waals surface area contributed by atoms with Crippen LogP contribution < -0.4 is 5.32 Å². The molecule has 0 heterocycles. The summed E-state index contributed by atoms with van der Waals surface area (Å²) in [4.78, 5) is 35.4. The second kappa shape index (κ2) is 9.29. The minimum Gasteiger partial charge on any atom is -0.467 e. The van der Waals surface area contributed by atoms with Gasteiger partial charge in [-0.3, -0.25) is 4.79 Å². The first-order valence-electron chi connectivity index (χ1n) is 7.18. The fraction of sp³-hybridized carbons (Fsp3) is 0.438. The predicted molar refractivity (Wildman–Crippen MR) is 87.8 cm³/mol. The van der Waals surface area contributed by atoms with Crippen molar-refractivity contribution in [3.05, 3.63) is 34.3 Å². The van der Waals surface area contributed by atoms with Crippen molar-refractivity contribution in [2.45, 2.75) is 26.3 Å². The normalized spacial score (nSPS) is 12.9. The van der Waals surface area contributed by atoms with Crippen LogP contribution in [0.3, 0.4) is 0 Å². The van der Waals surface area contributed by atoms with Crippen LogP contribution in [0.25, 0.3) is 0 Å². The number of carbonyl (C=O) groups is 3. The maximum atomic E-state index is 11.9. The number of hydrogen-bond donors (Lipinski definition) is 1. The summed E-state index contributed by atoms with van der Waals surface area (Å²) in [7, 11) is 1.26. The minimum absolute atomic E-state index is 0.0906. The fourth-order valence-electron chi connectivity index (χ4n) is 1.84. The Kier molecular flexibility index (Phi) is 7.74. The van der Waals surface area contributed by atoms with Crippen LogP contribution in [0.1, 0.15) is 30.6 Å². The Morgan fingerprint density at radius 2 is 2.00 bits per heavy atom. The van der Waals surface area contributed by atoms with E-state index in [1.165, 1.54) is 7.11 Å². The number of nitrogens with one attached hydrogen (secondary N) is 1. The van der Waals surface area contributed by atoms with Gasteiger partial charge in [0.2, 0.25) is 0 Å². The van der Waals surface area contributed by atoms with Gasteiger partial charge in [0, 0.05) is 4.47 Å². The van der Waals surface area contributed by atoms with Crippen LogP contribution in [0.15, 0.2) is 28.7 Å². The quantitative estimate of drug-likeness (QED) is 0.728. The minimum atomic E-state index is -0.762. The van der Waals surface area contributed by atoms with E-state index in [1.54, 1.807) is 24.3 Å². The van der Waals surface area contributed by atoms with Gasteiger partial charge < -0.3 is 14.8 Å². The average molecular weight is 386 g/mol. The van der Waals surface area contributed by atoms with E-state index in [9.17, 15) is 14.4 Å². The van der Waals surface area contributed by atoms with E-state index in [4.69, 9.17) is 4.74 Å². The lowest BCUT2D eigenvalue weighted by Gasteiger charge is -2.21. The van der Waals surface area contributed by atoms with E-state index >= 15 is 0 Å². The largest absolute Gasteiger partial charge is 0.467 e. The molecule has 0 aliphatic rings. The first kappa shape index (κ1) is 19.2. The third kappa shape index (κ3) is 6.02. The Hall–Kier alpha value is -1.89. The van der Waals surface area contributed by atoms with Gasteiger partial charge in [0.15, 0.2) is 6.61 Å². The Balaban J connectivity index is 2.58. The van der Waals surface area contributed by atoms with Crippen LogP contribution in [0.4, 0.5) is 0 Å². The number of esters is 2. The molecule has 0 aromatic heterocycles. The number of benzene rings is 1. The van der Waals surface area contributed by atoms with Crippen molar-refractivity contribution in [1.29, 1.82) is 0 Å². The molecule has 0 saturated heterocycles. The second-order valence-electron chi connectivity index (χ2n) is 5.04. The molecule has 126 valence electrons. The summed E-state index contributed by atoms with van der Waals surface area (Å²) < 4.78 is 10.4. The van der Waals surface area contributed by atoms with Crippen molar-refractivity contribution in [2.75, 3.05) is 13.7 Å². The van der Waals surface area contributed by atoms with E-state index in [2.05, 4.69) is 26.0 Å². The van der Waals surface area contributed by atoms with E-state index in [0.717, 1.165) is 4.47 Å². The topological polar surface area (TPSA) is 81.7 Å². The van der Waals surface area contributed by atoms with Crippen LogP contribution >= 0.6 is 15.9 Å². The van der Waals surface area contributed by atoms with Gasteiger partial charge in [-0.15, -0.1) is 0 Å². The van der Waals surface area contributed by atoms with Crippen molar-refractivity contribution in [2.24, 2.45) is 5.92 Å². The molecule has 1 N–H and O–H groups in total. The van der Waals surface area contributed by atoms with Crippen LogP contribution in [-0.2, 0) is 19.1 Å². The van der Waals surface area contributed by atoms with Crippen LogP contribution in [0.2, 0.25) is 0 Å². The Labute approximate surface area is 143 Å². The Morgan fingerprint density at radius 1 is 1.30 bits per heavy atom. The van der Waals surface area contributed by atoms with E-state index in [1.807, 2.05) is 13.8 Å². The molecule has 23 heavy (non-hydrogen) atoms. The molecule has 0 bridgehead atoms. The fourth-order valence-corrected chi connectivity index (χ4v) is 2.24. The van der Waals surface area contributed by atoms with Crippen molar-refractivity contribution < 1.29 is 23.9 Å². The molecule has 1 aromatic rings. The molecule has 0 aliphatic carbocycles. The van der Waals surface area contributed by atoms with Crippen LogP contribution in [-0.4, -0.2) is 37.6 Å². The highest BCUT2D eigenvalue weighted by Gasteiger charge is 2.27. The third-order valence-electron chi connectivity index (χ3n) is 3.38. The molecule has 6 nitrogen and oxygen atoms in total. The molecule has 0 spiro atoms. The Bertz CT molecular complexity index is 575. The number of hydrogen-bond acceptors (Lipinski definition) is 5. The van der Waals surface area contributed by atoms with Gasteiger partial charge in [0.1, 0.15) is 6.04 Å². The molecule has 2 atom stereocenters. The van der Waals surface area contributed by atoms with Crippen molar-refractivity contribution in [3.8, 4) is 0 Å². The summed E-state index contributed by atoms with van der Waals surface area (Å²) in [5, 5.41) is 2.54. The standard InChI is InChI=1S/C16H20BrNO5/c1-4-10(2)14(16(21)22-3)18-13(19)9-23-15(20)11-6-5-7-12(17)8-11/h5-8,10,14H,4,9H2,1-3H3,(H,18,19)/t10-,14-/m0/s1. The molecular weight excluding hydrogens is 366 g/mol. The van der Waals surface area contributed by atoms with Crippen molar-refractivity contribution >= 4 is 33.8 Å². The molecule has 1 amide bonds. The highest BCUT2D eigenvalue weighted by molar-refractivity contribution is 9.10. The first-order chi connectivity index (χ1) is 10.9. The summed E-state index contributed by atoms with van der Waals surface area (Å²) in [6, 6.07) is 5.88. The van der Waals surface area contributed by atoms with Gasteiger partial charge in [-0.05, 0) is 24.1 Å². The van der Waals surface area contributed by atoms with Gasteiger partial charge >= 0.3 is 11.9 Å². The van der Waals surface area contributed by atoms with Gasteiger partial charge in [-0.2, -0.15) is 0 Å². The lowest BCUT2D eigenvalue weighted by molar-refractivity contribution is -0.147. The van der Waals surface area contributed by atoms with Crippen molar-refractivity contribution in [1.82, 2.24) is 5.32 Å². The molecule has 0 aliphatic heterocycles. The summed E-state index contributed by atoms with van der Waals surface area (Å²) in [6.07, 6.45) is 0.692. The molecule has 0 saturated carbocycles. The predicted octanol–water partition coefficient (Wildman–Crippen LogP) is 2.31. The first-order valence-corrected chi connectivity index (χ1v) is 7.98. The molecular formula is C16H20BrNO5. The lowest BCUT2D eigenvalue weighted by atomic mass is 9.99. The molecule has 7 heteroatoms. The highest BCUT2D eigenvalue weighted by atomic mass is 79.9. The third-order valence-corrected chi connectivity index (χ3v) is 3.87. The number of rotatable bonds is 7. The maximum Gasteiger partial charge on any atom is 0.338 e. The van der Waals surface area contributed by atoms with Crippen LogP contribution in [0, 0.1) is 5.92 Å². The molecule has 0 fully saturated rings. The average Bonchev–Trinajstić information content (AvgIpc) is 2.56. The SMILES string of the molecule is CC[C@H](C)[C@H](NC(=O)COC(=O)c1cccc(Br)c1)C(=O)OC. The summed E-state index contributed by atoms with van der Waals surface area (Å²) >= 11 is 3.25. The zero-order chi connectivity index (χ0) is 17.4. The van der Waals surface area contributed by atoms with Crippen molar-refractivity contribution in [3.63, 3.8) is 0 Å². The number of halogens is 1.